The highest BCUT2D eigenvalue weighted by Crippen LogP contribution is 2.30. The molecule has 1 aromatic heterocycles. The van der Waals surface area contributed by atoms with Gasteiger partial charge in [0, 0.05) is 29.6 Å². The van der Waals surface area contributed by atoms with E-state index in [2.05, 4.69) is 6.92 Å². The van der Waals surface area contributed by atoms with Crippen molar-refractivity contribution in [1.82, 2.24) is 9.29 Å². The van der Waals surface area contributed by atoms with Crippen molar-refractivity contribution in [2.24, 2.45) is 5.92 Å². The summed E-state index contributed by atoms with van der Waals surface area (Å²) in [5.41, 5.74) is 2.89. The standard InChI is InChI=1S/C21H22N2O2S2/c1-16-11-13-23(14-12-16)27(24,25)19-9-7-17(8-10-19)20-15-26-21(22-20)18-5-3-2-4-6-18/h2-10,15-16H,11-14H2,1H3. The van der Waals surface area contributed by atoms with Crippen LogP contribution in [0.15, 0.2) is 64.9 Å². The van der Waals surface area contributed by atoms with Gasteiger partial charge in [0.25, 0.3) is 0 Å². The first-order valence-electron chi connectivity index (χ1n) is 9.15. The summed E-state index contributed by atoms with van der Waals surface area (Å²) >= 11 is 1.59. The zero-order chi connectivity index (χ0) is 18.9. The van der Waals surface area contributed by atoms with Crippen molar-refractivity contribution >= 4 is 21.4 Å². The molecule has 1 aliphatic rings. The summed E-state index contributed by atoms with van der Waals surface area (Å²) in [4.78, 5) is 5.06. The summed E-state index contributed by atoms with van der Waals surface area (Å²) in [6, 6.07) is 17.2. The van der Waals surface area contributed by atoms with Gasteiger partial charge in [-0.3, -0.25) is 0 Å². The van der Waals surface area contributed by atoms with Crippen LogP contribution in [0.2, 0.25) is 0 Å². The van der Waals surface area contributed by atoms with E-state index in [4.69, 9.17) is 4.98 Å². The average Bonchev–Trinajstić information content (AvgIpc) is 3.19. The molecule has 4 rings (SSSR count). The average molecular weight is 399 g/mol. The molecular weight excluding hydrogens is 376 g/mol. The van der Waals surface area contributed by atoms with Gasteiger partial charge >= 0.3 is 0 Å². The van der Waals surface area contributed by atoms with E-state index in [1.807, 2.05) is 47.8 Å². The molecule has 4 nitrogen and oxygen atoms in total. The molecule has 0 radical (unpaired) electrons. The van der Waals surface area contributed by atoms with Crippen LogP contribution in [0.4, 0.5) is 0 Å². The van der Waals surface area contributed by atoms with Gasteiger partial charge in [-0.05, 0) is 30.9 Å². The van der Waals surface area contributed by atoms with Crippen LogP contribution in [0.3, 0.4) is 0 Å². The number of benzene rings is 2. The fourth-order valence-corrected chi connectivity index (χ4v) is 5.60. The molecule has 0 spiro atoms. The van der Waals surface area contributed by atoms with Crippen molar-refractivity contribution in [1.29, 1.82) is 0 Å². The van der Waals surface area contributed by atoms with Crippen molar-refractivity contribution < 1.29 is 8.42 Å². The maximum absolute atomic E-state index is 12.8. The summed E-state index contributed by atoms with van der Waals surface area (Å²) in [5, 5.41) is 2.97. The molecule has 1 aliphatic heterocycles. The van der Waals surface area contributed by atoms with Crippen molar-refractivity contribution in [3.63, 3.8) is 0 Å². The van der Waals surface area contributed by atoms with Crippen LogP contribution in [-0.4, -0.2) is 30.8 Å². The van der Waals surface area contributed by atoms with E-state index >= 15 is 0 Å². The quantitative estimate of drug-likeness (QED) is 0.628. The highest BCUT2D eigenvalue weighted by atomic mass is 32.2. The number of piperidine rings is 1. The predicted octanol–water partition coefficient (Wildman–Crippen LogP) is 4.90. The SMILES string of the molecule is CC1CCN(S(=O)(=O)c2ccc(-c3csc(-c4ccccc4)n3)cc2)CC1. The Balaban J connectivity index is 1.55. The van der Waals surface area contributed by atoms with E-state index in [0.717, 1.165) is 34.7 Å². The fourth-order valence-electron chi connectivity index (χ4n) is 3.29. The lowest BCUT2D eigenvalue weighted by atomic mass is 10.0. The molecule has 6 heteroatoms. The molecule has 1 fully saturated rings. The van der Waals surface area contributed by atoms with Gasteiger partial charge < -0.3 is 0 Å². The third-order valence-electron chi connectivity index (χ3n) is 5.06. The number of thiazole rings is 1. The second-order valence-electron chi connectivity index (χ2n) is 7.01. The molecule has 0 saturated carbocycles. The van der Waals surface area contributed by atoms with Gasteiger partial charge in [-0.2, -0.15) is 4.31 Å². The normalized spacial score (nSPS) is 16.5. The summed E-state index contributed by atoms with van der Waals surface area (Å²) in [5.74, 6) is 0.599. The molecule has 0 unspecified atom stereocenters. The Labute approximate surface area is 164 Å². The lowest BCUT2D eigenvalue weighted by Crippen LogP contribution is -2.37. The number of aromatic nitrogens is 1. The molecule has 2 heterocycles. The Kier molecular flexibility index (Phi) is 5.12. The third-order valence-corrected chi connectivity index (χ3v) is 7.86. The van der Waals surface area contributed by atoms with Crippen molar-refractivity contribution in [2.75, 3.05) is 13.1 Å². The van der Waals surface area contributed by atoms with Gasteiger partial charge in [0.15, 0.2) is 0 Å². The van der Waals surface area contributed by atoms with Crippen LogP contribution in [0.1, 0.15) is 19.8 Å². The van der Waals surface area contributed by atoms with Gasteiger partial charge in [-0.15, -0.1) is 11.3 Å². The van der Waals surface area contributed by atoms with Crippen LogP contribution in [0, 0.1) is 5.92 Å². The Hall–Kier alpha value is -2.02. The maximum Gasteiger partial charge on any atom is 0.243 e. The van der Waals surface area contributed by atoms with Gasteiger partial charge in [0.05, 0.1) is 10.6 Å². The monoisotopic (exact) mass is 398 g/mol. The number of rotatable bonds is 4. The molecular formula is C21H22N2O2S2. The Morgan fingerprint density at radius 3 is 2.30 bits per heavy atom. The highest BCUT2D eigenvalue weighted by Gasteiger charge is 2.27. The Bertz CT molecular complexity index is 1000. The minimum absolute atomic E-state index is 0.360. The second-order valence-corrected chi connectivity index (χ2v) is 9.81. The molecule has 2 aromatic carbocycles. The van der Waals surface area contributed by atoms with E-state index < -0.39 is 10.0 Å². The lowest BCUT2D eigenvalue weighted by molar-refractivity contribution is 0.288. The van der Waals surface area contributed by atoms with Crippen molar-refractivity contribution in [2.45, 2.75) is 24.7 Å². The minimum atomic E-state index is -3.41. The molecule has 0 aliphatic carbocycles. The highest BCUT2D eigenvalue weighted by molar-refractivity contribution is 7.89. The Morgan fingerprint density at radius 1 is 0.963 bits per heavy atom. The summed E-state index contributed by atoms with van der Waals surface area (Å²) in [7, 11) is -3.41. The molecule has 0 amide bonds. The number of sulfonamides is 1. The fraction of sp³-hybridized carbons (Fsp3) is 0.286. The van der Waals surface area contributed by atoms with Gasteiger partial charge in [0.2, 0.25) is 10.0 Å². The lowest BCUT2D eigenvalue weighted by Gasteiger charge is -2.29. The second kappa shape index (κ2) is 7.54. The summed E-state index contributed by atoms with van der Waals surface area (Å²) in [6.45, 7) is 3.39. The first-order chi connectivity index (χ1) is 13.0. The molecule has 0 N–H and O–H groups in total. The first-order valence-corrected chi connectivity index (χ1v) is 11.5. The van der Waals surface area contributed by atoms with Gasteiger partial charge in [0.1, 0.15) is 5.01 Å². The Morgan fingerprint density at radius 2 is 1.63 bits per heavy atom. The summed E-state index contributed by atoms with van der Waals surface area (Å²) in [6.07, 6.45) is 1.86. The first kappa shape index (κ1) is 18.3. The third kappa shape index (κ3) is 3.83. The van der Waals surface area contributed by atoms with Crippen LogP contribution in [0.5, 0.6) is 0 Å². The van der Waals surface area contributed by atoms with E-state index in [0.29, 0.717) is 23.9 Å². The van der Waals surface area contributed by atoms with Crippen molar-refractivity contribution in [3.05, 3.63) is 60.0 Å². The topological polar surface area (TPSA) is 50.3 Å². The van der Waals surface area contributed by atoms with Crippen molar-refractivity contribution in [3.8, 4) is 21.8 Å². The summed E-state index contributed by atoms with van der Waals surface area (Å²) < 4.78 is 27.3. The van der Waals surface area contributed by atoms with E-state index in [9.17, 15) is 8.42 Å². The number of nitrogens with zero attached hydrogens (tertiary/aromatic N) is 2. The van der Waals surface area contributed by atoms with Crippen LogP contribution in [-0.2, 0) is 10.0 Å². The minimum Gasteiger partial charge on any atom is -0.236 e. The zero-order valence-corrected chi connectivity index (χ0v) is 16.8. The smallest absolute Gasteiger partial charge is 0.236 e. The van der Waals surface area contributed by atoms with E-state index in [-0.39, 0.29) is 0 Å². The van der Waals surface area contributed by atoms with Gasteiger partial charge in [-0.25, -0.2) is 13.4 Å². The zero-order valence-electron chi connectivity index (χ0n) is 15.2. The number of hydrogen-bond acceptors (Lipinski definition) is 4. The maximum atomic E-state index is 12.8. The largest absolute Gasteiger partial charge is 0.243 e. The van der Waals surface area contributed by atoms with Gasteiger partial charge in [-0.1, -0.05) is 49.4 Å². The molecule has 1 saturated heterocycles. The number of hydrogen-bond donors (Lipinski definition) is 0. The predicted molar refractivity (Wildman–Crippen MR) is 110 cm³/mol. The van der Waals surface area contributed by atoms with Crippen LogP contribution < -0.4 is 0 Å². The molecule has 3 aromatic rings. The van der Waals surface area contributed by atoms with Crippen LogP contribution in [0.25, 0.3) is 21.8 Å². The van der Waals surface area contributed by atoms with E-state index in [1.54, 1.807) is 27.8 Å². The molecule has 0 atom stereocenters. The van der Waals surface area contributed by atoms with Crippen LogP contribution >= 0.6 is 11.3 Å². The molecule has 0 bridgehead atoms. The van der Waals surface area contributed by atoms with E-state index in [1.165, 1.54) is 0 Å². The molecule has 27 heavy (non-hydrogen) atoms. The molecule has 140 valence electrons.